The molecule has 7 heteroatoms. The van der Waals surface area contributed by atoms with E-state index >= 15 is 0 Å². The summed E-state index contributed by atoms with van der Waals surface area (Å²) in [6.45, 7) is 0. The summed E-state index contributed by atoms with van der Waals surface area (Å²) < 4.78 is 0. The summed E-state index contributed by atoms with van der Waals surface area (Å²) in [5.74, 6) is 0. The van der Waals surface area contributed by atoms with Crippen molar-refractivity contribution in [3.05, 3.63) is 30.8 Å². The van der Waals surface area contributed by atoms with Crippen LogP contribution in [-0.4, -0.2) is 5.48 Å². The van der Waals surface area contributed by atoms with E-state index < -0.39 is 0 Å². The summed E-state index contributed by atoms with van der Waals surface area (Å²) in [4.78, 5) is 0. The van der Waals surface area contributed by atoms with Crippen molar-refractivity contribution >= 4 is 0 Å². The summed E-state index contributed by atoms with van der Waals surface area (Å²) in [5, 5.41) is 0. The molecule has 0 aromatic rings. The molecule has 0 spiro atoms. The van der Waals surface area contributed by atoms with Gasteiger partial charge in [-0.05, 0) is 0 Å². The molecule has 0 unspecified atom stereocenters. The van der Waals surface area contributed by atoms with Gasteiger partial charge in [-0.25, -0.2) is 0 Å². The van der Waals surface area contributed by atoms with Crippen LogP contribution < -0.4 is 0 Å². The monoisotopic (exact) mass is 156 g/mol. The van der Waals surface area contributed by atoms with Crippen LogP contribution in [0, 0.1) is 0 Å². The van der Waals surface area contributed by atoms with Gasteiger partial charge in [-0.15, -0.1) is 0 Å². The predicted molar refractivity (Wildman–Crippen MR) is 28.4 cm³/mol. The van der Waals surface area contributed by atoms with Crippen molar-refractivity contribution in [2.45, 2.75) is 0 Å². The molecule has 0 fully saturated rings. The first-order chi connectivity index (χ1) is 0. The first kappa shape index (κ1) is 4020. The zero-order valence-corrected chi connectivity index (χ0v) is 4.71. The summed E-state index contributed by atoms with van der Waals surface area (Å²) in [5.41, 5.74) is 0. The quantitative estimate of drug-likeness (QED) is 0.508. The second-order valence-corrected chi connectivity index (χ2v) is 0. The summed E-state index contributed by atoms with van der Waals surface area (Å²) in [6.07, 6.45) is 0. The average Bonchev–Trinajstić information content (AvgIpc) is 0. The Morgan fingerprint density at radius 3 is 0.429 bits per heavy atom. The SMILES string of the molecule is [Co+3].[NH2-].[NH2-].[NH2-].[NH2-].[NH2-].[OH-]. The predicted octanol–water partition coefficient (Wildman–Crippen LogP) is 3.41. The molecule has 0 aliphatic heterocycles. The van der Waals surface area contributed by atoms with Gasteiger partial charge < -0.3 is 36.2 Å². The number of hydrogen-bond acceptors (Lipinski definition) is 1. The molecule has 0 radical (unpaired) electrons. The Morgan fingerprint density at radius 1 is 0.429 bits per heavy atom. The minimum Gasteiger partial charge on any atom is -0.870 e. The first-order valence-corrected chi connectivity index (χ1v) is 0. The molecule has 0 bridgehead atoms. The molecule has 0 heterocycles. The van der Waals surface area contributed by atoms with E-state index in [2.05, 4.69) is 0 Å². The third-order valence-electron chi connectivity index (χ3n) is 0. The van der Waals surface area contributed by atoms with Crippen LogP contribution in [-0.2, 0) is 16.8 Å². The third kappa shape index (κ3) is 1610. The van der Waals surface area contributed by atoms with Gasteiger partial charge in [0.2, 0.25) is 0 Å². The second-order valence-electron chi connectivity index (χ2n) is 0. The van der Waals surface area contributed by atoms with E-state index in [1.54, 1.807) is 0 Å². The van der Waals surface area contributed by atoms with Crippen molar-refractivity contribution in [1.82, 2.24) is 0 Å². The maximum atomic E-state index is 0. The molecule has 0 saturated heterocycles. The Kier molecular flexibility index (Phi) is 1400000. The van der Waals surface area contributed by atoms with Crippen molar-refractivity contribution in [3.63, 3.8) is 0 Å². The van der Waals surface area contributed by atoms with Gasteiger partial charge in [0.25, 0.3) is 0 Å². The van der Waals surface area contributed by atoms with Crippen LogP contribution in [0.15, 0.2) is 0 Å². The molecule has 0 aromatic heterocycles. The topological polar surface area (TPSA) is 198 Å². The van der Waals surface area contributed by atoms with Gasteiger partial charge >= 0.3 is 16.8 Å². The van der Waals surface area contributed by atoms with E-state index in [0.29, 0.717) is 0 Å². The molecule has 0 aliphatic rings. The van der Waals surface area contributed by atoms with E-state index in [0.717, 1.165) is 0 Å². The number of rotatable bonds is 0. The van der Waals surface area contributed by atoms with Crippen molar-refractivity contribution in [2.75, 3.05) is 0 Å². The fourth-order valence-corrected chi connectivity index (χ4v) is 0. The summed E-state index contributed by atoms with van der Waals surface area (Å²) in [7, 11) is 0. The molecule has 0 atom stereocenters. The summed E-state index contributed by atoms with van der Waals surface area (Å²) >= 11 is 0. The van der Waals surface area contributed by atoms with Crippen LogP contribution in [0.1, 0.15) is 0 Å². The molecule has 7 heavy (non-hydrogen) atoms. The second kappa shape index (κ2) is 2450. The number of hydrogen-bond donors (Lipinski definition) is 0. The molecule has 0 aliphatic carbocycles. The van der Waals surface area contributed by atoms with Crippen molar-refractivity contribution < 1.29 is 22.3 Å². The van der Waals surface area contributed by atoms with Gasteiger partial charge in [0.1, 0.15) is 0 Å². The van der Waals surface area contributed by atoms with Crippen LogP contribution in [0.25, 0.3) is 30.8 Å². The Hall–Kier alpha value is 0.266. The Morgan fingerprint density at radius 2 is 0.429 bits per heavy atom. The van der Waals surface area contributed by atoms with Crippen molar-refractivity contribution in [1.29, 1.82) is 0 Å². The minimum absolute atomic E-state index is 0. The Labute approximate surface area is 53.8 Å². The number of nitrogens with two attached hydrogens (primary N) is 5. The van der Waals surface area contributed by atoms with E-state index in [1.807, 2.05) is 0 Å². The van der Waals surface area contributed by atoms with Gasteiger partial charge in [0.05, 0.1) is 0 Å². The zero-order chi connectivity index (χ0) is 0. The van der Waals surface area contributed by atoms with Crippen LogP contribution >= 0.6 is 0 Å². The van der Waals surface area contributed by atoms with Gasteiger partial charge in [-0.3, -0.25) is 0 Å². The molecule has 6 nitrogen and oxygen atoms in total. The molecule has 0 rings (SSSR count). The van der Waals surface area contributed by atoms with E-state index in [1.165, 1.54) is 0 Å². The largest absolute Gasteiger partial charge is 3.00 e. The van der Waals surface area contributed by atoms with Gasteiger partial charge in [0, 0.05) is 0 Å². The molecule has 54 valence electrons. The average molecular weight is 156 g/mol. The molecular weight excluding hydrogens is 145 g/mol. The fraction of sp³-hybridized carbons (Fsp3) is 0. The molecule has 0 aromatic carbocycles. The van der Waals surface area contributed by atoms with Crippen LogP contribution in [0.4, 0.5) is 0 Å². The van der Waals surface area contributed by atoms with Gasteiger partial charge in [0.15, 0.2) is 0 Å². The minimum atomic E-state index is 0. The van der Waals surface area contributed by atoms with Crippen LogP contribution in [0.3, 0.4) is 0 Å². The standard InChI is InChI=1S/Co.5H2N.H2O/h;6*1H2/q+3;5*-1;/p-1. The van der Waals surface area contributed by atoms with Crippen LogP contribution in [0.2, 0.25) is 0 Å². The van der Waals surface area contributed by atoms with Crippen molar-refractivity contribution in [3.8, 4) is 0 Å². The zero-order valence-electron chi connectivity index (χ0n) is 3.67. The smallest absolute Gasteiger partial charge is 0.870 e. The maximum Gasteiger partial charge on any atom is 3.00 e. The maximum absolute atomic E-state index is 0. The van der Waals surface area contributed by atoms with Crippen molar-refractivity contribution in [2.24, 2.45) is 0 Å². The first-order valence-electron chi connectivity index (χ1n) is 0. The molecule has 11 N–H and O–H groups in total. The summed E-state index contributed by atoms with van der Waals surface area (Å²) in [6, 6.07) is 0. The molecule has 0 amide bonds. The molecular formula is H11CoN5O-3. The molecule has 0 saturated carbocycles. The fourth-order valence-electron chi connectivity index (χ4n) is 0. The van der Waals surface area contributed by atoms with Gasteiger partial charge in [-0.1, -0.05) is 0 Å². The Bertz CT molecular complexity index is 8.04. The third-order valence-corrected chi connectivity index (χ3v) is 0. The van der Waals surface area contributed by atoms with E-state index in [4.69, 9.17) is 0 Å². The Balaban J connectivity index is 0. The van der Waals surface area contributed by atoms with Crippen LogP contribution in [0.5, 0.6) is 0 Å². The van der Waals surface area contributed by atoms with E-state index in [9.17, 15) is 0 Å². The van der Waals surface area contributed by atoms with Gasteiger partial charge in [-0.2, -0.15) is 0 Å². The van der Waals surface area contributed by atoms with E-state index in [-0.39, 0.29) is 53.0 Å². The normalized spacial score (nSPS) is 0.